The Hall–Kier alpha value is -2.73. The maximum Gasteiger partial charge on any atom is 0.260 e. The molecule has 6 nitrogen and oxygen atoms in total. The fraction of sp³-hybridized carbons (Fsp3) is 0.458. The molecule has 30 heavy (non-hydrogen) atoms. The molecule has 0 radical (unpaired) electrons. The maximum absolute atomic E-state index is 12.6. The molecular formula is C24H30N2O4. The highest BCUT2D eigenvalue weighted by molar-refractivity contribution is 5.77. The molecule has 1 aliphatic heterocycles. The van der Waals surface area contributed by atoms with Crippen molar-refractivity contribution in [2.45, 2.75) is 25.8 Å². The number of methoxy groups -OCH3 is 2. The Labute approximate surface area is 178 Å². The molecule has 1 amide bonds. The van der Waals surface area contributed by atoms with E-state index in [0.717, 1.165) is 62.8 Å². The molecule has 4 rings (SSSR count). The van der Waals surface area contributed by atoms with Crippen LogP contribution in [0, 0.1) is 0 Å². The van der Waals surface area contributed by atoms with E-state index in [4.69, 9.17) is 14.2 Å². The minimum absolute atomic E-state index is 0.0567. The zero-order chi connectivity index (χ0) is 20.9. The van der Waals surface area contributed by atoms with Crippen molar-refractivity contribution < 1.29 is 19.0 Å². The summed E-state index contributed by atoms with van der Waals surface area (Å²) in [5, 5.41) is 0. The van der Waals surface area contributed by atoms with Crippen molar-refractivity contribution in [3.8, 4) is 17.2 Å². The number of hydrogen-bond donors (Lipinski definition) is 0. The topological polar surface area (TPSA) is 51.2 Å². The summed E-state index contributed by atoms with van der Waals surface area (Å²) in [6.07, 6.45) is 3.48. The molecule has 2 aliphatic rings. The van der Waals surface area contributed by atoms with Crippen molar-refractivity contribution in [3.63, 3.8) is 0 Å². The third kappa shape index (κ3) is 4.70. The van der Waals surface area contributed by atoms with Gasteiger partial charge in [-0.15, -0.1) is 0 Å². The summed E-state index contributed by atoms with van der Waals surface area (Å²) in [7, 11) is 3.29. The average molecular weight is 411 g/mol. The predicted octanol–water partition coefficient (Wildman–Crippen LogP) is 2.92. The summed E-state index contributed by atoms with van der Waals surface area (Å²) >= 11 is 0. The molecule has 0 unspecified atom stereocenters. The van der Waals surface area contributed by atoms with E-state index >= 15 is 0 Å². The minimum Gasteiger partial charge on any atom is -0.493 e. The third-order valence-electron chi connectivity index (χ3n) is 6.01. The van der Waals surface area contributed by atoms with Gasteiger partial charge in [0.1, 0.15) is 5.75 Å². The van der Waals surface area contributed by atoms with Crippen LogP contribution in [0.1, 0.15) is 23.1 Å². The average Bonchev–Trinajstić information content (AvgIpc) is 3.26. The van der Waals surface area contributed by atoms with Crippen molar-refractivity contribution >= 4 is 5.91 Å². The lowest BCUT2D eigenvalue weighted by atomic mass is 10.1. The molecule has 0 atom stereocenters. The predicted molar refractivity (Wildman–Crippen MR) is 115 cm³/mol. The van der Waals surface area contributed by atoms with Crippen molar-refractivity contribution in [1.82, 2.24) is 9.80 Å². The summed E-state index contributed by atoms with van der Waals surface area (Å²) in [5.41, 5.74) is 3.95. The standard InChI is InChI=1S/C24H30N2O4/c1-28-22-9-6-18(14-23(22)29-2)16-25-10-12-26(13-11-25)24(27)17-30-21-8-7-19-4-3-5-20(19)15-21/h6-9,14-15H,3-5,10-13,16-17H2,1-2H3. The van der Waals surface area contributed by atoms with E-state index in [9.17, 15) is 4.79 Å². The van der Waals surface area contributed by atoms with E-state index in [0.29, 0.717) is 0 Å². The lowest BCUT2D eigenvalue weighted by Gasteiger charge is -2.34. The molecular weight excluding hydrogens is 380 g/mol. The molecule has 0 bridgehead atoms. The molecule has 160 valence electrons. The van der Waals surface area contributed by atoms with Gasteiger partial charge in [-0.3, -0.25) is 9.69 Å². The van der Waals surface area contributed by atoms with E-state index in [-0.39, 0.29) is 12.5 Å². The van der Waals surface area contributed by atoms with Crippen molar-refractivity contribution in [2.75, 3.05) is 47.0 Å². The summed E-state index contributed by atoms with van der Waals surface area (Å²) in [6.45, 7) is 4.07. The summed E-state index contributed by atoms with van der Waals surface area (Å²) < 4.78 is 16.5. The number of ether oxygens (including phenoxy) is 3. The Balaban J connectivity index is 1.24. The first-order valence-electron chi connectivity index (χ1n) is 10.6. The lowest BCUT2D eigenvalue weighted by Crippen LogP contribution is -2.49. The zero-order valence-electron chi connectivity index (χ0n) is 17.9. The van der Waals surface area contributed by atoms with Crippen LogP contribution in [0.2, 0.25) is 0 Å². The van der Waals surface area contributed by atoms with Gasteiger partial charge in [-0.25, -0.2) is 0 Å². The summed E-state index contributed by atoms with van der Waals surface area (Å²) in [6, 6.07) is 12.2. The second kappa shape index (κ2) is 9.39. The number of rotatable bonds is 7. The first-order chi connectivity index (χ1) is 14.7. The van der Waals surface area contributed by atoms with E-state index < -0.39 is 0 Å². The minimum atomic E-state index is 0.0567. The highest BCUT2D eigenvalue weighted by Gasteiger charge is 2.22. The van der Waals surface area contributed by atoms with Gasteiger partial charge in [0.05, 0.1) is 14.2 Å². The van der Waals surface area contributed by atoms with Crippen LogP contribution in [0.15, 0.2) is 36.4 Å². The number of hydrogen-bond acceptors (Lipinski definition) is 5. The first-order valence-corrected chi connectivity index (χ1v) is 10.6. The maximum atomic E-state index is 12.6. The highest BCUT2D eigenvalue weighted by atomic mass is 16.5. The normalized spacial score (nSPS) is 16.3. The number of fused-ring (bicyclic) bond motifs is 1. The molecule has 0 saturated carbocycles. The second-order valence-electron chi connectivity index (χ2n) is 7.92. The molecule has 2 aromatic carbocycles. The molecule has 0 spiro atoms. The quantitative estimate of drug-likeness (QED) is 0.703. The molecule has 1 aliphatic carbocycles. The van der Waals surface area contributed by atoms with Crippen molar-refractivity contribution in [1.29, 1.82) is 0 Å². The number of carbonyl (C=O) groups excluding carboxylic acids is 1. The number of aryl methyl sites for hydroxylation is 2. The number of benzene rings is 2. The van der Waals surface area contributed by atoms with Crippen molar-refractivity contribution in [3.05, 3.63) is 53.1 Å². The SMILES string of the molecule is COc1ccc(CN2CCN(C(=O)COc3ccc4c(c3)CCC4)CC2)cc1OC. The van der Waals surface area contributed by atoms with Gasteiger partial charge in [0.25, 0.3) is 5.91 Å². The van der Waals surface area contributed by atoms with Gasteiger partial charge in [-0.1, -0.05) is 12.1 Å². The monoisotopic (exact) mass is 410 g/mol. The van der Waals surface area contributed by atoms with Crippen LogP contribution in [0.5, 0.6) is 17.2 Å². The first kappa shape index (κ1) is 20.5. The Kier molecular flexibility index (Phi) is 6.43. The zero-order valence-corrected chi connectivity index (χ0v) is 17.9. The van der Waals surface area contributed by atoms with Crippen LogP contribution in [-0.2, 0) is 24.2 Å². The van der Waals surface area contributed by atoms with Gasteiger partial charge in [0, 0.05) is 32.7 Å². The number of amides is 1. The number of carbonyl (C=O) groups is 1. The Morgan fingerprint density at radius 3 is 2.43 bits per heavy atom. The molecule has 1 heterocycles. The Morgan fingerprint density at radius 1 is 0.900 bits per heavy atom. The smallest absolute Gasteiger partial charge is 0.260 e. The summed E-state index contributed by atoms with van der Waals surface area (Å²) in [4.78, 5) is 16.8. The van der Waals surface area contributed by atoms with Crippen LogP contribution >= 0.6 is 0 Å². The fourth-order valence-electron chi connectivity index (χ4n) is 4.27. The van der Waals surface area contributed by atoms with Crippen LogP contribution in [0.4, 0.5) is 0 Å². The highest BCUT2D eigenvalue weighted by Crippen LogP contribution is 2.28. The third-order valence-corrected chi connectivity index (χ3v) is 6.01. The van der Waals surface area contributed by atoms with E-state index in [1.807, 2.05) is 23.1 Å². The van der Waals surface area contributed by atoms with E-state index in [1.165, 1.54) is 23.1 Å². The van der Waals surface area contributed by atoms with Gasteiger partial charge in [-0.05, 0) is 60.2 Å². The molecule has 1 saturated heterocycles. The van der Waals surface area contributed by atoms with Crippen LogP contribution in [0.3, 0.4) is 0 Å². The lowest BCUT2D eigenvalue weighted by molar-refractivity contribution is -0.135. The van der Waals surface area contributed by atoms with Gasteiger partial charge in [0.15, 0.2) is 18.1 Å². The van der Waals surface area contributed by atoms with E-state index in [1.54, 1.807) is 14.2 Å². The molecule has 1 fully saturated rings. The van der Waals surface area contributed by atoms with Crippen molar-refractivity contribution in [2.24, 2.45) is 0 Å². The van der Waals surface area contributed by atoms with Gasteiger partial charge in [0.2, 0.25) is 0 Å². The number of nitrogens with zero attached hydrogens (tertiary/aromatic N) is 2. The Bertz CT molecular complexity index is 891. The molecule has 6 heteroatoms. The molecule has 2 aromatic rings. The fourth-order valence-corrected chi connectivity index (χ4v) is 4.27. The molecule has 0 N–H and O–H groups in total. The van der Waals surface area contributed by atoms with E-state index in [2.05, 4.69) is 23.1 Å². The summed E-state index contributed by atoms with van der Waals surface area (Å²) in [5.74, 6) is 2.34. The molecule has 0 aromatic heterocycles. The van der Waals surface area contributed by atoms with Gasteiger partial charge < -0.3 is 19.1 Å². The van der Waals surface area contributed by atoms with Crippen LogP contribution < -0.4 is 14.2 Å². The van der Waals surface area contributed by atoms with Gasteiger partial charge in [-0.2, -0.15) is 0 Å². The van der Waals surface area contributed by atoms with Gasteiger partial charge >= 0.3 is 0 Å². The van der Waals surface area contributed by atoms with Crippen LogP contribution in [-0.4, -0.2) is 62.7 Å². The second-order valence-corrected chi connectivity index (χ2v) is 7.92. The van der Waals surface area contributed by atoms with Crippen LogP contribution in [0.25, 0.3) is 0 Å². The number of piperazine rings is 1. The Morgan fingerprint density at radius 2 is 1.67 bits per heavy atom. The largest absolute Gasteiger partial charge is 0.493 e.